The maximum atomic E-state index is 8.62. The minimum absolute atomic E-state index is 0.183. The highest BCUT2D eigenvalue weighted by atomic mass is 16.5. The Morgan fingerprint density at radius 2 is 1.89 bits per heavy atom. The van der Waals surface area contributed by atoms with Crippen molar-refractivity contribution in [2.75, 3.05) is 13.2 Å². The van der Waals surface area contributed by atoms with Crippen LogP contribution in [0.3, 0.4) is 0 Å². The molecular formula is C6H15NO2. The van der Waals surface area contributed by atoms with Gasteiger partial charge in [0.25, 0.3) is 0 Å². The van der Waals surface area contributed by atoms with Crippen molar-refractivity contribution in [2.24, 2.45) is 11.8 Å². The average Bonchev–Trinajstić information content (AvgIpc) is 1.87. The molecule has 3 nitrogen and oxygen atoms in total. The Morgan fingerprint density at radius 3 is 2.22 bits per heavy atom. The molecule has 3 N–H and O–H groups in total. The summed E-state index contributed by atoms with van der Waals surface area (Å²) in [6, 6.07) is 0. The molecule has 0 saturated carbocycles. The van der Waals surface area contributed by atoms with Gasteiger partial charge in [0.05, 0.1) is 0 Å². The number of aliphatic hydroxyl groups is 1. The fourth-order valence-corrected chi connectivity index (χ4v) is 0.525. The second-order valence-corrected chi connectivity index (χ2v) is 2.50. The quantitative estimate of drug-likeness (QED) is 0.481. The molecule has 0 aromatic rings. The molecular weight excluding hydrogens is 118 g/mol. The monoisotopic (exact) mass is 133 g/mol. The topological polar surface area (TPSA) is 52.5 Å². The van der Waals surface area contributed by atoms with E-state index in [1.54, 1.807) is 0 Å². The van der Waals surface area contributed by atoms with Crippen LogP contribution in [0.2, 0.25) is 0 Å². The van der Waals surface area contributed by atoms with Gasteiger partial charge in [0.15, 0.2) is 0 Å². The Bertz CT molecular complexity index is 68.1. The molecule has 2 unspecified atom stereocenters. The molecule has 0 fully saturated rings. The lowest BCUT2D eigenvalue weighted by Crippen LogP contribution is -2.24. The molecule has 0 aliphatic rings. The zero-order valence-electron chi connectivity index (χ0n) is 5.96. The highest BCUT2D eigenvalue weighted by Gasteiger charge is 2.09. The molecule has 3 heteroatoms. The molecule has 0 radical (unpaired) electrons. The van der Waals surface area contributed by atoms with Crippen molar-refractivity contribution in [3.63, 3.8) is 0 Å². The van der Waals surface area contributed by atoms with E-state index in [1.807, 2.05) is 13.8 Å². The third kappa shape index (κ3) is 3.46. The number of nitrogens with one attached hydrogen (secondary N) is 1. The van der Waals surface area contributed by atoms with E-state index in [0.29, 0.717) is 12.5 Å². The lowest BCUT2D eigenvalue weighted by atomic mass is 9.97. The molecule has 0 aromatic heterocycles. The number of hydrogen-bond acceptors (Lipinski definition) is 3. The highest BCUT2D eigenvalue weighted by molar-refractivity contribution is 4.60. The predicted octanol–water partition coefficient (Wildman–Crippen LogP) is 0.230. The van der Waals surface area contributed by atoms with E-state index in [-0.39, 0.29) is 12.5 Å². The first-order valence-electron chi connectivity index (χ1n) is 3.20. The van der Waals surface area contributed by atoms with Gasteiger partial charge in [-0.3, -0.25) is 0 Å². The minimum Gasteiger partial charge on any atom is -0.396 e. The van der Waals surface area contributed by atoms with Crippen molar-refractivity contribution in [3.8, 4) is 0 Å². The van der Waals surface area contributed by atoms with Gasteiger partial charge in [-0.05, 0) is 11.8 Å². The molecule has 0 saturated heterocycles. The van der Waals surface area contributed by atoms with Gasteiger partial charge in [-0.2, -0.15) is 0 Å². The normalized spacial score (nSPS) is 17.3. The fourth-order valence-electron chi connectivity index (χ4n) is 0.525. The van der Waals surface area contributed by atoms with Crippen molar-refractivity contribution in [2.45, 2.75) is 13.8 Å². The van der Waals surface area contributed by atoms with Gasteiger partial charge < -0.3 is 10.3 Å². The second kappa shape index (κ2) is 4.73. The van der Waals surface area contributed by atoms with Crippen LogP contribution in [0.1, 0.15) is 13.8 Å². The maximum Gasteiger partial charge on any atom is 0.0459 e. The van der Waals surface area contributed by atoms with E-state index in [0.717, 1.165) is 0 Å². The van der Waals surface area contributed by atoms with Gasteiger partial charge in [-0.15, -0.1) is 0 Å². The zero-order valence-corrected chi connectivity index (χ0v) is 5.96. The molecule has 0 heterocycles. The lowest BCUT2D eigenvalue weighted by Gasteiger charge is -2.15. The standard InChI is InChI=1S/C6H15NO2/c1-5(3-7-9)6(2)4-8/h5-9H,3-4H2,1-2H3. The summed E-state index contributed by atoms with van der Waals surface area (Å²) in [4.78, 5) is 0. The van der Waals surface area contributed by atoms with Gasteiger partial charge in [-0.1, -0.05) is 13.8 Å². The summed E-state index contributed by atoms with van der Waals surface area (Å²) < 4.78 is 0. The molecule has 9 heavy (non-hydrogen) atoms. The molecule has 0 bridgehead atoms. The zero-order chi connectivity index (χ0) is 7.28. The predicted molar refractivity (Wildman–Crippen MR) is 35.2 cm³/mol. The maximum absolute atomic E-state index is 8.62. The Morgan fingerprint density at radius 1 is 1.33 bits per heavy atom. The van der Waals surface area contributed by atoms with E-state index in [1.165, 1.54) is 0 Å². The molecule has 0 aliphatic carbocycles. The Balaban J connectivity index is 3.32. The number of aliphatic hydroxyl groups excluding tert-OH is 1. The van der Waals surface area contributed by atoms with E-state index in [9.17, 15) is 0 Å². The SMILES string of the molecule is CC(CO)C(C)CNO. The van der Waals surface area contributed by atoms with Crippen LogP contribution in [0.4, 0.5) is 0 Å². The lowest BCUT2D eigenvalue weighted by molar-refractivity contribution is 0.121. The van der Waals surface area contributed by atoms with Crippen molar-refractivity contribution in [3.05, 3.63) is 0 Å². The molecule has 56 valence electrons. The molecule has 0 rings (SSSR count). The van der Waals surface area contributed by atoms with Crippen molar-refractivity contribution >= 4 is 0 Å². The van der Waals surface area contributed by atoms with Crippen LogP contribution in [0.5, 0.6) is 0 Å². The third-order valence-electron chi connectivity index (χ3n) is 1.67. The van der Waals surface area contributed by atoms with E-state index >= 15 is 0 Å². The summed E-state index contributed by atoms with van der Waals surface area (Å²) in [5, 5.41) is 16.9. The van der Waals surface area contributed by atoms with Crippen LogP contribution in [0.25, 0.3) is 0 Å². The van der Waals surface area contributed by atoms with Gasteiger partial charge >= 0.3 is 0 Å². The Hall–Kier alpha value is -0.120. The Kier molecular flexibility index (Phi) is 4.67. The number of hydrogen-bond donors (Lipinski definition) is 3. The Labute approximate surface area is 55.7 Å². The molecule has 2 atom stereocenters. The number of hydroxylamine groups is 1. The molecule has 0 aromatic carbocycles. The summed E-state index contributed by atoms with van der Waals surface area (Å²) in [5.41, 5.74) is 2.07. The highest BCUT2D eigenvalue weighted by Crippen LogP contribution is 2.07. The first-order valence-corrected chi connectivity index (χ1v) is 3.20. The van der Waals surface area contributed by atoms with Crippen LogP contribution in [-0.2, 0) is 0 Å². The largest absolute Gasteiger partial charge is 0.396 e. The van der Waals surface area contributed by atoms with Gasteiger partial charge in [0.2, 0.25) is 0 Å². The van der Waals surface area contributed by atoms with Crippen molar-refractivity contribution < 1.29 is 10.3 Å². The van der Waals surface area contributed by atoms with Gasteiger partial charge in [0.1, 0.15) is 0 Å². The van der Waals surface area contributed by atoms with Gasteiger partial charge in [0, 0.05) is 13.2 Å². The minimum atomic E-state index is 0.183. The van der Waals surface area contributed by atoms with Crippen LogP contribution in [-0.4, -0.2) is 23.5 Å². The fraction of sp³-hybridized carbons (Fsp3) is 1.00. The molecule has 0 spiro atoms. The second-order valence-electron chi connectivity index (χ2n) is 2.50. The van der Waals surface area contributed by atoms with E-state index in [4.69, 9.17) is 10.3 Å². The van der Waals surface area contributed by atoms with Crippen molar-refractivity contribution in [1.29, 1.82) is 0 Å². The average molecular weight is 133 g/mol. The summed E-state index contributed by atoms with van der Waals surface area (Å²) in [6.45, 7) is 4.65. The smallest absolute Gasteiger partial charge is 0.0459 e. The summed E-state index contributed by atoms with van der Waals surface area (Å²) in [7, 11) is 0. The van der Waals surface area contributed by atoms with Crippen LogP contribution >= 0.6 is 0 Å². The van der Waals surface area contributed by atoms with Crippen molar-refractivity contribution in [1.82, 2.24) is 5.48 Å². The summed E-state index contributed by atoms with van der Waals surface area (Å²) in [5.74, 6) is 0.574. The third-order valence-corrected chi connectivity index (χ3v) is 1.67. The first kappa shape index (κ1) is 8.88. The first-order chi connectivity index (χ1) is 4.22. The summed E-state index contributed by atoms with van der Waals surface area (Å²) >= 11 is 0. The van der Waals surface area contributed by atoms with Crippen LogP contribution in [0.15, 0.2) is 0 Å². The van der Waals surface area contributed by atoms with E-state index < -0.39 is 0 Å². The molecule has 0 amide bonds. The van der Waals surface area contributed by atoms with Crippen LogP contribution in [0, 0.1) is 11.8 Å². The van der Waals surface area contributed by atoms with Gasteiger partial charge in [-0.25, -0.2) is 5.48 Å². The number of rotatable bonds is 4. The summed E-state index contributed by atoms with van der Waals surface area (Å²) in [6.07, 6.45) is 0. The van der Waals surface area contributed by atoms with E-state index in [2.05, 4.69) is 5.48 Å². The van der Waals surface area contributed by atoms with Crippen LogP contribution < -0.4 is 5.48 Å². The molecule has 0 aliphatic heterocycles.